The van der Waals surface area contributed by atoms with Gasteiger partial charge in [0.15, 0.2) is 5.75 Å². The van der Waals surface area contributed by atoms with Gasteiger partial charge in [0.25, 0.3) is 0 Å². The van der Waals surface area contributed by atoms with Crippen molar-refractivity contribution in [3.63, 3.8) is 0 Å². The molecule has 0 radical (unpaired) electrons. The number of anilines is 1. The summed E-state index contributed by atoms with van der Waals surface area (Å²) in [6.45, 7) is 5.81. The van der Waals surface area contributed by atoms with Gasteiger partial charge in [-0.1, -0.05) is 61.0 Å². The zero-order chi connectivity index (χ0) is 22.0. The van der Waals surface area contributed by atoms with Crippen LogP contribution in [0, 0.1) is 0 Å². The number of aliphatic carboxylic acids is 1. The number of rotatable bonds is 4. The van der Waals surface area contributed by atoms with Crippen LogP contribution in [0.3, 0.4) is 0 Å². The molecule has 0 aliphatic rings. The van der Waals surface area contributed by atoms with E-state index < -0.39 is 24.0 Å². The van der Waals surface area contributed by atoms with Gasteiger partial charge in [0.1, 0.15) is 0 Å². The molecule has 156 valence electrons. The smallest absolute Gasteiger partial charge is 0.474 e. The van der Waals surface area contributed by atoms with Crippen molar-refractivity contribution in [3.05, 3.63) is 58.1 Å². The number of carboxylic acid groups (broad SMARTS) is 1. The van der Waals surface area contributed by atoms with Gasteiger partial charge < -0.3 is 9.84 Å². The second-order valence-electron chi connectivity index (χ2n) is 7.30. The molecule has 9 heteroatoms. The Morgan fingerprint density at radius 3 is 2.14 bits per heavy atom. The van der Waals surface area contributed by atoms with Crippen molar-refractivity contribution in [2.75, 3.05) is 4.90 Å². The van der Waals surface area contributed by atoms with Crippen LogP contribution in [0.1, 0.15) is 31.9 Å². The number of halogens is 4. The minimum Gasteiger partial charge on any atom is -0.474 e. The molecule has 5 nitrogen and oxygen atoms in total. The lowest BCUT2D eigenvalue weighted by atomic mass is 9.87. The SMILES string of the molecule is CC(C)(C)c1ccc(CN(C(=O)C(=O)O)c2ccc(Br)cc2OC(F)(F)F)cc1. The van der Waals surface area contributed by atoms with E-state index in [0.29, 0.717) is 5.56 Å². The quantitative estimate of drug-likeness (QED) is 0.614. The zero-order valence-electron chi connectivity index (χ0n) is 15.9. The fourth-order valence-electron chi connectivity index (χ4n) is 2.59. The van der Waals surface area contributed by atoms with E-state index >= 15 is 0 Å². The topological polar surface area (TPSA) is 66.8 Å². The maximum absolute atomic E-state index is 12.8. The predicted octanol–water partition coefficient (Wildman–Crippen LogP) is 5.26. The lowest BCUT2D eigenvalue weighted by Gasteiger charge is -2.25. The van der Waals surface area contributed by atoms with E-state index in [1.165, 1.54) is 12.1 Å². The molecular formula is C20H19BrF3NO4. The van der Waals surface area contributed by atoms with E-state index in [9.17, 15) is 22.8 Å². The Morgan fingerprint density at radius 2 is 1.66 bits per heavy atom. The van der Waals surface area contributed by atoms with Crippen LogP contribution in [-0.4, -0.2) is 23.3 Å². The molecule has 0 atom stereocenters. The second-order valence-corrected chi connectivity index (χ2v) is 8.22. The molecule has 0 unspecified atom stereocenters. The predicted molar refractivity (Wildman–Crippen MR) is 105 cm³/mol. The van der Waals surface area contributed by atoms with Gasteiger partial charge in [-0.25, -0.2) is 4.79 Å². The van der Waals surface area contributed by atoms with Crippen molar-refractivity contribution < 1.29 is 32.6 Å². The molecule has 0 fully saturated rings. The molecule has 2 rings (SSSR count). The maximum Gasteiger partial charge on any atom is 0.573 e. The van der Waals surface area contributed by atoms with Crippen molar-refractivity contribution in [2.24, 2.45) is 0 Å². The van der Waals surface area contributed by atoms with E-state index in [-0.39, 0.29) is 22.1 Å². The summed E-state index contributed by atoms with van der Waals surface area (Å²) in [5, 5.41) is 9.16. The Bertz CT molecular complexity index is 905. The lowest BCUT2D eigenvalue weighted by Crippen LogP contribution is -2.36. The van der Waals surface area contributed by atoms with Crippen molar-refractivity contribution in [1.82, 2.24) is 0 Å². The molecule has 0 aliphatic heterocycles. The van der Waals surface area contributed by atoms with E-state index in [2.05, 4.69) is 20.7 Å². The average molecular weight is 474 g/mol. The van der Waals surface area contributed by atoms with Crippen LogP contribution >= 0.6 is 15.9 Å². The van der Waals surface area contributed by atoms with Crippen LogP contribution in [0.4, 0.5) is 18.9 Å². The third-order valence-corrected chi connectivity index (χ3v) is 4.52. The number of hydrogen-bond acceptors (Lipinski definition) is 3. The number of hydrogen-bond donors (Lipinski definition) is 1. The minimum atomic E-state index is -5.01. The highest BCUT2D eigenvalue weighted by molar-refractivity contribution is 9.10. The number of alkyl halides is 3. The van der Waals surface area contributed by atoms with E-state index in [4.69, 9.17) is 5.11 Å². The van der Waals surface area contributed by atoms with Crippen molar-refractivity contribution in [1.29, 1.82) is 0 Å². The van der Waals surface area contributed by atoms with Gasteiger partial charge in [-0.05, 0) is 34.7 Å². The van der Waals surface area contributed by atoms with Crippen LogP contribution in [-0.2, 0) is 21.5 Å². The van der Waals surface area contributed by atoms with Crippen molar-refractivity contribution >= 4 is 33.5 Å². The Balaban J connectivity index is 2.47. The Kier molecular flexibility index (Phi) is 6.62. The fourth-order valence-corrected chi connectivity index (χ4v) is 2.93. The lowest BCUT2D eigenvalue weighted by molar-refractivity contribution is -0.274. The number of carbonyl (C=O) groups excluding carboxylic acids is 1. The highest BCUT2D eigenvalue weighted by Gasteiger charge is 2.34. The molecule has 0 heterocycles. The third-order valence-electron chi connectivity index (χ3n) is 4.03. The van der Waals surface area contributed by atoms with Gasteiger partial charge in [-0.15, -0.1) is 13.2 Å². The van der Waals surface area contributed by atoms with Gasteiger partial charge in [0.2, 0.25) is 0 Å². The van der Waals surface area contributed by atoms with Crippen LogP contribution < -0.4 is 9.64 Å². The molecule has 2 aromatic carbocycles. The van der Waals surface area contributed by atoms with Crippen molar-refractivity contribution in [2.45, 2.75) is 39.1 Å². The summed E-state index contributed by atoms with van der Waals surface area (Å²) in [7, 11) is 0. The highest BCUT2D eigenvalue weighted by Crippen LogP contribution is 2.36. The Hall–Kier alpha value is -2.55. The van der Waals surface area contributed by atoms with E-state index in [1.807, 2.05) is 32.9 Å². The number of carbonyl (C=O) groups is 2. The van der Waals surface area contributed by atoms with Crippen LogP contribution in [0.2, 0.25) is 0 Å². The number of amides is 1. The monoisotopic (exact) mass is 473 g/mol. The van der Waals surface area contributed by atoms with Gasteiger partial charge in [-0.3, -0.25) is 9.69 Å². The summed E-state index contributed by atoms with van der Waals surface area (Å²) in [6.07, 6.45) is -5.01. The first-order valence-electron chi connectivity index (χ1n) is 8.47. The highest BCUT2D eigenvalue weighted by atomic mass is 79.9. The number of carboxylic acids is 1. The second kappa shape index (κ2) is 8.44. The third kappa shape index (κ3) is 6.22. The largest absolute Gasteiger partial charge is 0.573 e. The van der Waals surface area contributed by atoms with Crippen LogP contribution in [0.25, 0.3) is 0 Å². The Morgan fingerprint density at radius 1 is 1.07 bits per heavy atom. The number of benzene rings is 2. The molecule has 29 heavy (non-hydrogen) atoms. The summed E-state index contributed by atoms with van der Waals surface area (Å²) in [6, 6.07) is 10.7. The molecule has 0 spiro atoms. The fraction of sp³-hybridized carbons (Fsp3) is 0.300. The normalized spacial score (nSPS) is 11.8. The van der Waals surface area contributed by atoms with Gasteiger partial charge >= 0.3 is 18.2 Å². The minimum absolute atomic E-state index is 0.117. The average Bonchev–Trinajstić information content (AvgIpc) is 2.58. The number of ether oxygens (including phenoxy) is 1. The summed E-state index contributed by atoms with van der Waals surface area (Å²) in [4.78, 5) is 24.3. The molecule has 1 N–H and O–H groups in total. The zero-order valence-corrected chi connectivity index (χ0v) is 17.5. The molecular weight excluding hydrogens is 455 g/mol. The van der Waals surface area contributed by atoms with E-state index in [0.717, 1.165) is 16.5 Å². The van der Waals surface area contributed by atoms with Gasteiger partial charge in [0, 0.05) is 4.47 Å². The molecule has 0 bridgehead atoms. The molecule has 0 aliphatic carbocycles. The first-order chi connectivity index (χ1) is 13.3. The molecule has 0 saturated carbocycles. The van der Waals surface area contributed by atoms with Gasteiger partial charge in [-0.2, -0.15) is 0 Å². The Labute approximate surface area is 174 Å². The molecule has 0 saturated heterocycles. The van der Waals surface area contributed by atoms with Crippen LogP contribution in [0.15, 0.2) is 46.9 Å². The standard InChI is InChI=1S/C20H19BrF3NO4/c1-19(2,3)13-6-4-12(5-7-13)11-25(17(26)18(27)28)15-9-8-14(21)10-16(15)29-20(22,23)24/h4-10H,11H2,1-3H3,(H,27,28). The maximum atomic E-state index is 12.8. The summed E-state index contributed by atoms with van der Waals surface area (Å²) in [5.41, 5.74) is 1.14. The molecule has 2 aromatic rings. The first-order valence-corrected chi connectivity index (χ1v) is 9.27. The van der Waals surface area contributed by atoms with Crippen LogP contribution in [0.5, 0.6) is 5.75 Å². The number of nitrogens with zero attached hydrogens (tertiary/aromatic N) is 1. The summed E-state index contributed by atoms with van der Waals surface area (Å²) in [5.74, 6) is -3.86. The van der Waals surface area contributed by atoms with E-state index in [1.54, 1.807) is 12.1 Å². The summed E-state index contributed by atoms with van der Waals surface area (Å²) >= 11 is 3.05. The molecule has 1 amide bonds. The summed E-state index contributed by atoms with van der Waals surface area (Å²) < 4.78 is 42.7. The first kappa shape index (κ1) is 22.7. The van der Waals surface area contributed by atoms with Crippen molar-refractivity contribution in [3.8, 4) is 5.75 Å². The van der Waals surface area contributed by atoms with Gasteiger partial charge in [0.05, 0.1) is 12.2 Å². The molecule has 0 aromatic heterocycles.